The maximum atomic E-state index is 13.0. The average Bonchev–Trinajstić information content (AvgIpc) is 3.28. The average molecular weight is 490 g/mol. The first-order valence-corrected chi connectivity index (χ1v) is 11.9. The van der Waals surface area contributed by atoms with Gasteiger partial charge in [-0.3, -0.25) is 4.79 Å². The summed E-state index contributed by atoms with van der Waals surface area (Å²) in [6.45, 7) is 5.38. The van der Waals surface area contributed by atoms with E-state index in [0.29, 0.717) is 48.3 Å². The smallest absolute Gasteiger partial charge is 0.251 e. The first kappa shape index (κ1) is 24.9. The summed E-state index contributed by atoms with van der Waals surface area (Å²) in [6.07, 6.45) is 0. The van der Waals surface area contributed by atoms with E-state index in [4.69, 9.17) is 23.9 Å². The predicted molar refractivity (Wildman–Crippen MR) is 138 cm³/mol. The largest absolute Gasteiger partial charge is 0.493 e. The van der Waals surface area contributed by atoms with Gasteiger partial charge >= 0.3 is 0 Å². The second kappa shape index (κ2) is 11.5. The molecule has 4 rings (SSSR count). The molecule has 1 amide bonds. The Labute approximate surface area is 210 Å². The molecule has 188 valence electrons. The number of ether oxygens (including phenoxy) is 4. The molecular formula is C28H31N3O5. The van der Waals surface area contributed by atoms with Crippen molar-refractivity contribution >= 4 is 16.9 Å². The molecule has 1 heterocycles. The second-order valence-electron chi connectivity index (χ2n) is 8.10. The van der Waals surface area contributed by atoms with E-state index in [1.54, 1.807) is 32.4 Å². The van der Waals surface area contributed by atoms with Crippen molar-refractivity contribution in [2.45, 2.75) is 26.4 Å². The summed E-state index contributed by atoms with van der Waals surface area (Å²) in [4.78, 5) is 17.9. The number of amides is 1. The molecule has 0 aliphatic rings. The third-order valence-corrected chi connectivity index (χ3v) is 5.79. The standard InChI is InChI=1S/C28H31N3O5/c1-5-35-24-12-8-9-13-25(24)36-17-16-31-22-11-7-6-10-21(22)30-27(31)19(2)29-28(32)20-14-15-23(33-3)26(18-20)34-4/h6-15,18-19H,5,16-17H2,1-4H3,(H,29,32). The highest BCUT2D eigenvalue weighted by Crippen LogP contribution is 2.29. The topological polar surface area (TPSA) is 83.8 Å². The number of para-hydroxylation sites is 4. The Hall–Kier alpha value is -4.20. The van der Waals surface area contributed by atoms with Gasteiger partial charge in [-0.2, -0.15) is 0 Å². The molecule has 36 heavy (non-hydrogen) atoms. The van der Waals surface area contributed by atoms with Crippen LogP contribution in [0.3, 0.4) is 0 Å². The van der Waals surface area contributed by atoms with Crippen LogP contribution in [0.1, 0.15) is 36.1 Å². The Balaban J connectivity index is 1.53. The monoisotopic (exact) mass is 489 g/mol. The van der Waals surface area contributed by atoms with Gasteiger partial charge in [-0.25, -0.2) is 4.98 Å². The first-order chi connectivity index (χ1) is 17.5. The summed E-state index contributed by atoms with van der Waals surface area (Å²) in [5.74, 6) is 2.98. The lowest BCUT2D eigenvalue weighted by molar-refractivity contribution is 0.0937. The molecule has 0 aliphatic heterocycles. The van der Waals surface area contributed by atoms with Crippen molar-refractivity contribution in [3.05, 3.63) is 78.1 Å². The Morgan fingerprint density at radius 3 is 2.33 bits per heavy atom. The zero-order chi connectivity index (χ0) is 25.5. The molecule has 1 unspecified atom stereocenters. The van der Waals surface area contributed by atoms with E-state index in [1.807, 2.05) is 62.4 Å². The number of nitrogens with one attached hydrogen (secondary N) is 1. The number of aromatic nitrogens is 2. The minimum Gasteiger partial charge on any atom is -0.493 e. The molecule has 3 aromatic carbocycles. The van der Waals surface area contributed by atoms with Gasteiger partial charge in [0.25, 0.3) is 5.91 Å². The summed E-state index contributed by atoms with van der Waals surface area (Å²) in [5, 5.41) is 3.06. The van der Waals surface area contributed by atoms with Crippen molar-refractivity contribution < 1.29 is 23.7 Å². The van der Waals surface area contributed by atoms with Gasteiger partial charge in [0.15, 0.2) is 23.0 Å². The number of carbonyl (C=O) groups is 1. The van der Waals surface area contributed by atoms with E-state index in [-0.39, 0.29) is 11.9 Å². The summed E-state index contributed by atoms with van der Waals surface area (Å²) in [5.41, 5.74) is 2.30. The van der Waals surface area contributed by atoms with Crippen molar-refractivity contribution in [2.24, 2.45) is 0 Å². The molecule has 8 nitrogen and oxygen atoms in total. The minimum absolute atomic E-state index is 0.232. The van der Waals surface area contributed by atoms with E-state index in [9.17, 15) is 4.79 Å². The fourth-order valence-electron chi connectivity index (χ4n) is 4.07. The van der Waals surface area contributed by atoms with Crippen LogP contribution in [-0.2, 0) is 6.54 Å². The molecule has 0 aliphatic carbocycles. The highest BCUT2D eigenvalue weighted by molar-refractivity contribution is 5.95. The van der Waals surface area contributed by atoms with Crippen LogP contribution < -0.4 is 24.3 Å². The van der Waals surface area contributed by atoms with E-state index in [1.165, 1.54) is 0 Å². The lowest BCUT2D eigenvalue weighted by atomic mass is 10.1. The molecule has 0 spiro atoms. The lowest BCUT2D eigenvalue weighted by Gasteiger charge is -2.18. The highest BCUT2D eigenvalue weighted by atomic mass is 16.5. The molecule has 1 aromatic heterocycles. The van der Waals surface area contributed by atoms with Crippen LogP contribution in [0.2, 0.25) is 0 Å². The number of hydrogen-bond donors (Lipinski definition) is 1. The van der Waals surface area contributed by atoms with Crippen molar-refractivity contribution in [1.29, 1.82) is 0 Å². The number of nitrogens with zero attached hydrogens (tertiary/aromatic N) is 2. The maximum Gasteiger partial charge on any atom is 0.251 e. The summed E-state index contributed by atoms with van der Waals surface area (Å²) >= 11 is 0. The zero-order valence-corrected chi connectivity index (χ0v) is 21.0. The van der Waals surface area contributed by atoms with Crippen LogP contribution in [0.5, 0.6) is 23.0 Å². The third-order valence-electron chi connectivity index (χ3n) is 5.79. The molecule has 0 saturated carbocycles. The number of imidazole rings is 1. The quantitative estimate of drug-likeness (QED) is 0.318. The minimum atomic E-state index is -0.353. The normalized spacial score (nSPS) is 11.7. The van der Waals surface area contributed by atoms with Crippen LogP contribution in [0.25, 0.3) is 11.0 Å². The maximum absolute atomic E-state index is 13.0. The van der Waals surface area contributed by atoms with Gasteiger partial charge in [0, 0.05) is 5.56 Å². The van der Waals surface area contributed by atoms with Crippen LogP contribution >= 0.6 is 0 Å². The second-order valence-corrected chi connectivity index (χ2v) is 8.10. The molecule has 1 N–H and O–H groups in total. The van der Waals surface area contributed by atoms with Gasteiger partial charge in [-0.1, -0.05) is 24.3 Å². The number of methoxy groups -OCH3 is 2. The number of rotatable bonds is 11. The third kappa shape index (κ3) is 5.38. The highest BCUT2D eigenvalue weighted by Gasteiger charge is 2.20. The van der Waals surface area contributed by atoms with Gasteiger partial charge in [-0.15, -0.1) is 0 Å². The van der Waals surface area contributed by atoms with Crippen LogP contribution in [0.4, 0.5) is 0 Å². The van der Waals surface area contributed by atoms with Gasteiger partial charge in [0.1, 0.15) is 12.4 Å². The predicted octanol–water partition coefficient (Wildman–Crippen LogP) is 5.02. The summed E-state index contributed by atoms with van der Waals surface area (Å²) in [7, 11) is 3.10. The van der Waals surface area contributed by atoms with Crippen molar-refractivity contribution in [3.8, 4) is 23.0 Å². The fraction of sp³-hybridized carbons (Fsp3) is 0.286. The van der Waals surface area contributed by atoms with Gasteiger partial charge < -0.3 is 28.8 Å². The number of hydrogen-bond acceptors (Lipinski definition) is 6. The van der Waals surface area contributed by atoms with Crippen LogP contribution in [0.15, 0.2) is 66.7 Å². The summed E-state index contributed by atoms with van der Waals surface area (Å²) < 4.78 is 24.4. The van der Waals surface area contributed by atoms with Crippen LogP contribution in [-0.4, -0.2) is 42.9 Å². The molecule has 8 heteroatoms. The van der Waals surface area contributed by atoms with Crippen molar-refractivity contribution in [2.75, 3.05) is 27.4 Å². The van der Waals surface area contributed by atoms with Crippen molar-refractivity contribution in [1.82, 2.24) is 14.9 Å². The number of fused-ring (bicyclic) bond motifs is 1. The van der Waals surface area contributed by atoms with E-state index < -0.39 is 0 Å². The molecule has 0 bridgehead atoms. The Bertz CT molecular complexity index is 1330. The molecule has 0 fully saturated rings. The first-order valence-electron chi connectivity index (χ1n) is 11.9. The SMILES string of the molecule is CCOc1ccccc1OCCn1c(C(C)NC(=O)c2ccc(OC)c(OC)c2)nc2ccccc21. The van der Waals surface area contributed by atoms with E-state index >= 15 is 0 Å². The zero-order valence-electron chi connectivity index (χ0n) is 21.0. The molecule has 0 saturated heterocycles. The van der Waals surface area contributed by atoms with Gasteiger partial charge in [0.2, 0.25) is 0 Å². The van der Waals surface area contributed by atoms with Crippen molar-refractivity contribution in [3.63, 3.8) is 0 Å². The lowest BCUT2D eigenvalue weighted by Crippen LogP contribution is -2.29. The van der Waals surface area contributed by atoms with E-state index in [2.05, 4.69) is 9.88 Å². The van der Waals surface area contributed by atoms with E-state index in [0.717, 1.165) is 16.9 Å². The Morgan fingerprint density at radius 1 is 0.917 bits per heavy atom. The Morgan fingerprint density at radius 2 is 1.61 bits per heavy atom. The molecular weight excluding hydrogens is 458 g/mol. The Kier molecular flexibility index (Phi) is 7.95. The van der Waals surface area contributed by atoms with Gasteiger partial charge in [-0.05, 0) is 56.3 Å². The fourth-order valence-corrected chi connectivity index (χ4v) is 4.07. The number of benzene rings is 3. The summed E-state index contributed by atoms with van der Waals surface area (Å²) in [6, 6.07) is 20.2. The van der Waals surface area contributed by atoms with Gasteiger partial charge in [0.05, 0.1) is 44.4 Å². The van der Waals surface area contributed by atoms with Crippen LogP contribution in [0, 0.1) is 0 Å². The molecule has 1 atom stereocenters. The number of carbonyl (C=O) groups excluding carboxylic acids is 1. The molecule has 4 aromatic rings. The molecule has 0 radical (unpaired) electrons.